The largest absolute Gasteiger partial charge is 0.356 e. The maximum atomic E-state index is 12.7. The molecule has 0 spiro atoms. The van der Waals surface area contributed by atoms with E-state index in [1.54, 1.807) is 7.05 Å². The molecule has 1 aromatic rings. The molecule has 0 aliphatic rings. The molecule has 1 aromatic heterocycles. The normalized spacial score (nSPS) is 11.7. The number of hydrogen-bond donors (Lipinski definition) is 2. The zero-order chi connectivity index (χ0) is 17.1. The zero-order valence-corrected chi connectivity index (χ0v) is 17.1. The van der Waals surface area contributed by atoms with E-state index in [0.29, 0.717) is 5.96 Å². The molecule has 24 heavy (non-hydrogen) atoms. The summed E-state index contributed by atoms with van der Waals surface area (Å²) < 4.78 is 26.3. The van der Waals surface area contributed by atoms with E-state index in [4.69, 9.17) is 0 Å². The van der Waals surface area contributed by atoms with Gasteiger partial charge in [-0.3, -0.25) is 9.56 Å². The number of aromatic nitrogens is 2. The topological polar surface area (TPSA) is 54.2 Å². The highest BCUT2D eigenvalue weighted by Gasteiger charge is 2.11. The molecule has 0 radical (unpaired) electrons. The molecule has 0 amide bonds. The number of hydrogen-bond acceptors (Lipinski definition) is 2. The number of unbranched alkanes of at least 4 members (excludes halogenated alkanes) is 3. The average molecular weight is 457 g/mol. The number of nitrogens with zero attached hydrogens (tertiary/aromatic N) is 3. The van der Waals surface area contributed by atoms with Crippen molar-refractivity contribution in [2.75, 3.05) is 13.6 Å². The molecule has 0 saturated heterocycles. The quantitative estimate of drug-likeness (QED) is 0.240. The van der Waals surface area contributed by atoms with Gasteiger partial charge in [-0.25, -0.2) is 4.98 Å². The third-order valence-corrected chi connectivity index (χ3v) is 3.60. The lowest BCUT2D eigenvalue weighted by Crippen LogP contribution is -2.37. The van der Waals surface area contributed by atoms with Crippen molar-refractivity contribution in [1.29, 1.82) is 0 Å². The molecule has 0 fully saturated rings. The van der Waals surface area contributed by atoms with Gasteiger partial charge in [0.25, 0.3) is 0 Å². The molecule has 2 N–H and O–H groups in total. The van der Waals surface area contributed by atoms with Crippen molar-refractivity contribution in [3.63, 3.8) is 0 Å². The monoisotopic (exact) mass is 457 g/mol. The summed E-state index contributed by atoms with van der Waals surface area (Å²) in [6, 6.07) is 0. The van der Waals surface area contributed by atoms with E-state index in [2.05, 4.69) is 34.5 Å². The van der Waals surface area contributed by atoms with E-state index in [9.17, 15) is 8.78 Å². The average Bonchev–Trinajstić information content (AvgIpc) is 2.97. The number of imidazole rings is 1. The van der Waals surface area contributed by atoms with E-state index in [1.807, 2.05) is 0 Å². The van der Waals surface area contributed by atoms with Crippen molar-refractivity contribution in [3.8, 4) is 0 Å². The summed E-state index contributed by atoms with van der Waals surface area (Å²) in [6.07, 6.45) is 8.72. The smallest absolute Gasteiger partial charge is 0.319 e. The maximum absolute atomic E-state index is 12.7. The van der Waals surface area contributed by atoms with E-state index >= 15 is 0 Å². The second-order valence-corrected chi connectivity index (χ2v) is 5.98. The fraction of sp³-hybridized carbons (Fsp3) is 0.750. The summed E-state index contributed by atoms with van der Waals surface area (Å²) in [5.41, 5.74) is 0. The predicted octanol–water partition coefficient (Wildman–Crippen LogP) is 4.17. The fourth-order valence-electron chi connectivity index (χ4n) is 2.28. The maximum Gasteiger partial charge on any atom is 0.319 e. The van der Waals surface area contributed by atoms with Crippen molar-refractivity contribution in [3.05, 3.63) is 18.2 Å². The Hall–Kier alpha value is -0.930. The lowest BCUT2D eigenvalue weighted by molar-refractivity contribution is 0.0668. The molecule has 0 bridgehead atoms. The van der Waals surface area contributed by atoms with Gasteiger partial charge >= 0.3 is 6.55 Å². The van der Waals surface area contributed by atoms with Gasteiger partial charge in [0.15, 0.2) is 5.96 Å². The van der Waals surface area contributed by atoms with Crippen molar-refractivity contribution in [1.82, 2.24) is 20.2 Å². The van der Waals surface area contributed by atoms with Crippen LogP contribution in [-0.2, 0) is 6.54 Å². The van der Waals surface area contributed by atoms with E-state index in [-0.39, 0.29) is 36.3 Å². The number of halogens is 3. The summed E-state index contributed by atoms with van der Waals surface area (Å²) in [6.45, 7) is 2.96. The molecule has 0 aromatic carbocycles. The number of guanidine groups is 1. The minimum Gasteiger partial charge on any atom is -0.356 e. The van der Waals surface area contributed by atoms with Crippen LogP contribution in [0.1, 0.15) is 58.3 Å². The Balaban J connectivity index is 0.00000529. The molecule has 0 atom stereocenters. The highest BCUT2D eigenvalue weighted by molar-refractivity contribution is 14.0. The van der Waals surface area contributed by atoms with Crippen LogP contribution in [0, 0.1) is 5.92 Å². The molecular weight excluding hydrogens is 427 g/mol. The molecule has 0 aliphatic heterocycles. The van der Waals surface area contributed by atoms with Crippen molar-refractivity contribution in [2.24, 2.45) is 10.9 Å². The Morgan fingerprint density at radius 3 is 2.54 bits per heavy atom. The lowest BCUT2D eigenvalue weighted by Gasteiger charge is -2.12. The first-order chi connectivity index (χ1) is 11.0. The lowest BCUT2D eigenvalue weighted by atomic mass is 10.0. The Kier molecular flexibility index (Phi) is 12.9. The number of alkyl halides is 2. The summed E-state index contributed by atoms with van der Waals surface area (Å²) in [7, 11) is 1.66. The van der Waals surface area contributed by atoms with Crippen LogP contribution in [0.5, 0.6) is 0 Å². The SMILES string of the molecule is CN=C(NCCCCCCC(C)C)NCc1nccn1C(F)F.I. The molecule has 140 valence electrons. The van der Waals surface area contributed by atoms with Gasteiger partial charge in [0, 0.05) is 26.0 Å². The van der Waals surface area contributed by atoms with Gasteiger partial charge in [-0.05, 0) is 12.3 Å². The van der Waals surface area contributed by atoms with Crippen molar-refractivity contribution < 1.29 is 8.78 Å². The summed E-state index contributed by atoms with van der Waals surface area (Å²) >= 11 is 0. The molecule has 5 nitrogen and oxygen atoms in total. The Labute approximate surface area is 160 Å². The molecule has 0 unspecified atom stereocenters. The predicted molar refractivity (Wildman–Crippen MR) is 105 cm³/mol. The van der Waals surface area contributed by atoms with Crippen LogP contribution in [0.3, 0.4) is 0 Å². The van der Waals surface area contributed by atoms with Gasteiger partial charge in [0.05, 0.1) is 6.54 Å². The third-order valence-electron chi connectivity index (χ3n) is 3.60. The second-order valence-electron chi connectivity index (χ2n) is 5.98. The van der Waals surface area contributed by atoms with E-state index < -0.39 is 6.55 Å². The minimum absolute atomic E-state index is 0. The summed E-state index contributed by atoms with van der Waals surface area (Å²) in [5, 5.41) is 6.20. The van der Waals surface area contributed by atoms with Crippen molar-refractivity contribution in [2.45, 2.75) is 59.0 Å². The van der Waals surface area contributed by atoms with Crippen LogP contribution in [-0.4, -0.2) is 29.1 Å². The first kappa shape index (κ1) is 23.1. The van der Waals surface area contributed by atoms with Crippen molar-refractivity contribution >= 4 is 29.9 Å². The van der Waals surface area contributed by atoms with Gasteiger partial charge < -0.3 is 10.6 Å². The molecular formula is C16H30F2IN5. The van der Waals surface area contributed by atoms with Crippen LogP contribution in [0.2, 0.25) is 0 Å². The first-order valence-electron chi connectivity index (χ1n) is 8.29. The summed E-state index contributed by atoms with van der Waals surface area (Å²) in [4.78, 5) is 8.01. The highest BCUT2D eigenvalue weighted by Crippen LogP contribution is 2.12. The van der Waals surface area contributed by atoms with Gasteiger partial charge in [0.2, 0.25) is 0 Å². The van der Waals surface area contributed by atoms with Gasteiger partial charge in [0.1, 0.15) is 5.82 Å². The molecule has 0 aliphatic carbocycles. The number of nitrogens with one attached hydrogen (secondary N) is 2. The fourth-order valence-corrected chi connectivity index (χ4v) is 2.28. The van der Waals surface area contributed by atoms with Gasteiger partial charge in [-0.2, -0.15) is 8.78 Å². The summed E-state index contributed by atoms with van der Waals surface area (Å²) in [5.74, 6) is 1.67. The first-order valence-corrected chi connectivity index (χ1v) is 8.29. The van der Waals surface area contributed by atoms with Gasteiger partial charge in [-0.15, -0.1) is 24.0 Å². The van der Waals surface area contributed by atoms with Crippen LogP contribution in [0.25, 0.3) is 0 Å². The van der Waals surface area contributed by atoms with Crippen LogP contribution < -0.4 is 10.6 Å². The van der Waals surface area contributed by atoms with Gasteiger partial charge in [-0.1, -0.05) is 39.5 Å². The Morgan fingerprint density at radius 1 is 1.21 bits per heavy atom. The Morgan fingerprint density at radius 2 is 1.92 bits per heavy atom. The number of rotatable bonds is 10. The van der Waals surface area contributed by atoms with Crippen LogP contribution >= 0.6 is 24.0 Å². The number of aliphatic imine (C=N–C) groups is 1. The molecule has 1 rings (SSSR count). The minimum atomic E-state index is -2.57. The highest BCUT2D eigenvalue weighted by atomic mass is 127. The van der Waals surface area contributed by atoms with Crippen LogP contribution in [0.4, 0.5) is 8.78 Å². The molecule has 1 heterocycles. The Bertz CT molecular complexity index is 463. The molecule has 8 heteroatoms. The molecule has 0 saturated carbocycles. The van der Waals surface area contributed by atoms with E-state index in [1.165, 1.54) is 38.1 Å². The standard InChI is InChI=1S/C16H29F2N5.HI/c1-13(2)8-6-4-5-7-9-21-16(19-3)22-12-14-20-10-11-23(14)15(17)18;/h10-11,13,15H,4-9,12H2,1-3H3,(H2,19,21,22);1H. The zero-order valence-electron chi connectivity index (χ0n) is 14.8. The third kappa shape index (κ3) is 9.39. The second kappa shape index (κ2) is 13.4. The van der Waals surface area contributed by atoms with Crippen LogP contribution in [0.15, 0.2) is 17.4 Å². The van der Waals surface area contributed by atoms with E-state index in [0.717, 1.165) is 23.5 Å².